The number of aliphatic imine (C=N–C) groups is 1. The first-order chi connectivity index (χ1) is 9.67. The van der Waals surface area contributed by atoms with Crippen LogP contribution in [0.5, 0.6) is 0 Å². The fourth-order valence-corrected chi connectivity index (χ4v) is 4.29. The largest absolute Gasteiger partial charge is 0.368 e. The van der Waals surface area contributed by atoms with Crippen LogP contribution < -0.4 is 5.73 Å². The maximum Gasteiger partial charge on any atom is 0.243 e. The third-order valence-corrected chi connectivity index (χ3v) is 5.36. The summed E-state index contributed by atoms with van der Waals surface area (Å²) < 4.78 is 1.18. The van der Waals surface area contributed by atoms with Crippen LogP contribution in [0.15, 0.2) is 23.2 Å². The molecule has 0 radical (unpaired) electrons. The summed E-state index contributed by atoms with van der Waals surface area (Å²) in [6, 6.07) is 5.99. The number of benzene rings is 1. The van der Waals surface area contributed by atoms with Crippen molar-refractivity contribution in [2.45, 2.75) is 25.8 Å². The van der Waals surface area contributed by atoms with Crippen molar-refractivity contribution < 1.29 is 4.79 Å². The summed E-state index contributed by atoms with van der Waals surface area (Å²) >= 11 is 3.19. The average Bonchev–Trinajstić information content (AvgIpc) is 3.05. The molecule has 20 heavy (non-hydrogen) atoms. The lowest BCUT2D eigenvalue weighted by Gasteiger charge is -1.96. The Labute approximate surface area is 125 Å². The molecule has 2 N–H and O–H groups in total. The molecule has 1 aliphatic rings. The fraction of sp³-hybridized carbons (Fsp3) is 0.357. The number of hydrogen-bond donors (Lipinski definition) is 1. The number of aromatic nitrogens is 1. The van der Waals surface area contributed by atoms with Gasteiger partial charge in [0, 0.05) is 5.75 Å². The highest BCUT2D eigenvalue weighted by atomic mass is 32.2. The van der Waals surface area contributed by atoms with Gasteiger partial charge < -0.3 is 5.73 Å². The second kappa shape index (κ2) is 5.54. The minimum Gasteiger partial charge on any atom is -0.368 e. The van der Waals surface area contributed by atoms with Gasteiger partial charge in [0.1, 0.15) is 16.1 Å². The van der Waals surface area contributed by atoms with E-state index in [4.69, 9.17) is 5.73 Å². The monoisotopic (exact) mass is 305 g/mol. The van der Waals surface area contributed by atoms with Crippen LogP contribution in [0.2, 0.25) is 0 Å². The minimum absolute atomic E-state index is 0.362. The van der Waals surface area contributed by atoms with Crippen LogP contribution in [0.1, 0.15) is 23.9 Å². The van der Waals surface area contributed by atoms with E-state index in [0.717, 1.165) is 28.4 Å². The topological polar surface area (TPSA) is 68.3 Å². The predicted molar refractivity (Wildman–Crippen MR) is 85.6 cm³/mol. The van der Waals surface area contributed by atoms with Crippen molar-refractivity contribution in [1.82, 2.24) is 4.98 Å². The standard InChI is InChI=1S/C14H15N3OS2/c1-2-3-8-4-5-9-11(6-8)20-14(16-9)13-17-10(7-19-13)12(15)18/h4-6,10H,2-3,7H2,1H3,(H2,15,18)/t10-/m1/s1. The molecule has 0 fully saturated rings. The van der Waals surface area contributed by atoms with Gasteiger partial charge in [-0.05, 0) is 24.1 Å². The number of carbonyl (C=O) groups excluding carboxylic acids is 1. The molecule has 104 valence electrons. The first kappa shape index (κ1) is 13.6. The Morgan fingerprint density at radius 2 is 2.35 bits per heavy atom. The summed E-state index contributed by atoms with van der Waals surface area (Å²) in [6.45, 7) is 2.18. The second-order valence-electron chi connectivity index (χ2n) is 4.73. The summed E-state index contributed by atoms with van der Waals surface area (Å²) in [5.74, 6) is 0.264. The zero-order chi connectivity index (χ0) is 14.1. The number of amides is 1. The van der Waals surface area contributed by atoms with Crippen molar-refractivity contribution in [3.63, 3.8) is 0 Å². The molecule has 0 spiro atoms. The van der Waals surface area contributed by atoms with Gasteiger partial charge in [-0.15, -0.1) is 23.1 Å². The fourth-order valence-electron chi connectivity index (χ4n) is 2.14. The second-order valence-corrected chi connectivity index (χ2v) is 6.77. The Morgan fingerprint density at radius 1 is 1.50 bits per heavy atom. The molecule has 2 heterocycles. The van der Waals surface area contributed by atoms with Gasteiger partial charge in [-0.25, -0.2) is 4.98 Å². The van der Waals surface area contributed by atoms with Gasteiger partial charge in [0.15, 0.2) is 0 Å². The highest BCUT2D eigenvalue weighted by molar-refractivity contribution is 8.15. The van der Waals surface area contributed by atoms with E-state index in [1.54, 1.807) is 23.1 Å². The Hall–Kier alpha value is -1.40. The molecule has 1 atom stereocenters. The molecule has 0 aliphatic carbocycles. The molecular formula is C14H15N3OS2. The molecule has 2 aromatic rings. The third kappa shape index (κ3) is 2.58. The Kier molecular flexibility index (Phi) is 3.76. The molecule has 0 unspecified atom stereocenters. The number of aryl methyl sites for hydroxylation is 1. The van der Waals surface area contributed by atoms with Crippen LogP contribution in [0.3, 0.4) is 0 Å². The Bertz CT molecular complexity index is 693. The van der Waals surface area contributed by atoms with Crippen molar-refractivity contribution in [3.05, 3.63) is 28.8 Å². The number of rotatable bonds is 4. The average molecular weight is 305 g/mol. The maximum atomic E-state index is 11.2. The van der Waals surface area contributed by atoms with E-state index in [-0.39, 0.29) is 5.91 Å². The normalized spacial score (nSPS) is 18.4. The SMILES string of the molecule is CCCc1ccc2nc(C3=N[C@@H](C(N)=O)CS3)sc2c1. The summed E-state index contributed by atoms with van der Waals surface area (Å²) in [4.78, 5) is 20.1. The van der Waals surface area contributed by atoms with Gasteiger partial charge in [0.2, 0.25) is 5.91 Å². The number of nitrogens with zero attached hydrogens (tertiary/aromatic N) is 2. The number of thiazole rings is 1. The van der Waals surface area contributed by atoms with Crippen LogP contribution in [0.4, 0.5) is 0 Å². The van der Waals surface area contributed by atoms with E-state index >= 15 is 0 Å². The maximum absolute atomic E-state index is 11.2. The minimum atomic E-state index is -0.405. The zero-order valence-corrected chi connectivity index (χ0v) is 12.8. The van der Waals surface area contributed by atoms with Gasteiger partial charge in [-0.1, -0.05) is 19.4 Å². The van der Waals surface area contributed by atoms with Crippen LogP contribution >= 0.6 is 23.1 Å². The first-order valence-electron chi connectivity index (χ1n) is 6.57. The number of nitrogens with two attached hydrogens (primary N) is 1. The predicted octanol–water partition coefficient (Wildman–Crippen LogP) is 2.60. The molecule has 1 aromatic carbocycles. The van der Waals surface area contributed by atoms with Gasteiger partial charge in [0.25, 0.3) is 0 Å². The summed E-state index contributed by atoms with van der Waals surface area (Å²) in [7, 11) is 0. The zero-order valence-electron chi connectivity index (χ0n) is 11.1. The Balaban J connectivity index is 1.93. The van der Waals surface area contributed by atoms with Gasteiger partial charge >= 0.3 is 0 Å². The number of primary amides is 1. The van der Waals surface area contributed by atoms with Crippen LogP contribution in [-0.4, -0.2) is 27.7 Å². The number of hydrogen-bond acceptors (Lipinski definition) is 5. The van der Waals surface area contributed by atoms with Gasteiger partial charge in [-0.2, -0.15) is 0 Å². The smallest absolute Gasteiger partial charge is 0.243 e. The molecule has 6 heteroatoms. The third-order valence-electron chi connectivity index (χ3n) is 3.15. The van der Waals surface area contributed by atoms with Crippen molar-refractivity contribution in [2.24, 2.45) is 10.7 Å². The van der Waals surface area contributed by atoms with Crippen LogP contribution in [-0.2, 0) is 11.2 Å². The van der Waals surface area contributed by atoms with E-state index in [2.05, 4.69) is 35.1 Å². The van der Waals surface area contributed by atoms with Crippen LogP contribution in [0.25, 0.3) is 10.2 Å². The van der Waals surface area contributed by atoms with Crippen molar-refractivity contribution in [1.29, 1.82) is 0 Å². The molecule has 1 amide bonds. The van der Waals surface area contributed by atoms with Crippen molar-refractivity contribution in [3.8, 4) is 0 Å². The molecular weight excluding hydrogens is 290 g/mol. The van der Waals surface area contributed by atoms with Crippen molar-refractivity contribution >= 4 is 44.3 Å². The quantitative estimate of drug-likeness (QED) is 0.944. The lowest BCUT2D eigenvalue weighted by atomic mass is 10.1. The number of carbonyl (C=O) groups is 1. The Morgan fingerprint density at radius 3 is 3.05 bits per heavy atom. The van der Waals surface area contributed by atoms with Gasteiger partial charge in [-0.3, -0.25) is 9.79 Å². The molecule has 4 nitrogen and oxygen atoms in total. The highest BCUT2D eigenvalue weighted by Gasteiger charge is 2.25. The summed E-state index contributed by atoms with van der Waals surface area (Å²) in [5.41, 5.74) is 7.63. The number of fused-ring (bicyclic) bond motifs is 1. The molecule has 1 aromatic heterocycles. The molecule has 0 saturated carbocycles. The molecule has 3 rings (SSSR count). The van der Waals surface area contributed by atoms with E-state index in [9.17, 15) is 4.79 Å². The highest BCUT2D eigenvalue weighted by Crippen LogP contribution is 2.30. The lowest BCUT2D eigenvalue weighted by Crippen LogP contribution is -2.26. The molecule has 1 aliphatic heterocycles. The molecule has 0 saturated heterocycles. The summed E-state index contributed by atoms with van der Waals surface area (Å²) in [6.07, 6.45) is 2.22. The lowest BCUT2D eigenvalue weighted by molar-refractivity contribution is -0.118. The first-order valence-corrected chi connectivity index (χ1v) is 8.37. The van der Waals surface area contributed by atoms with E-state index in [1.807, 2.05) is 0 Å². The van der Waals surface area contributed by atoms with E-state index in [0.29, 0.717) is 5.75 Å². The van der Waals surface area contributed by atoms with Gasteiger partial charge in [0.05, 0.1) is 10.2 Å². The van der Waals surface area contributed by atoms with Crippen molar-refractivity contribution in [2.75, 3.05) is 5.75 Å². The number of thioether (sulfide) groups is 1. The molecule has 0 bridgehead atoms. The van der Waals surface area contributed by atoms with E-state index < -0.39 is 6.04 Å². The van der Waals surface area contributed by atoms with Crippen LogP contribution in [0, 0.1) is 0 Å². The van der Waals surface area contributed by atoms with E-state index in [1.165, 1.54) is 10.3 Å². The summed E-state index contributed by atoms with van der Waals surface area (Å²) in [5, 5.41) is 1.73.